The minimum absolute atomic E-state index is 0.173. The Morgan fingerprint density at radius 3 is 2.62 bits per heavy atom. The van der Waals surface area contributed by atoms with Gasteiger partial charge in [0.25, 0.3) is 0 Å². The van der Waals surface area contributed by atoms with Gasteiger partial charge in [-0.15, -0.1) is 11.3 Å². The Balaban J connectivity index is 2.31. The number of rotatable bonds is 4. The van der Waals surface area contributed by atoms with E-state index in [2.05, 4.69) is 26.2 Å². The van der Waals surface area contributed by atoms with Gasteiger partial charge in [-0.2, -0.15) is 13.2 Å². The van der Waals surface area contributed by atoms with Crippen LogP contribution in [-0.2, 0) is 12.7 Å². The first-order chi connectivity index (χ1) is 9.79. The Morgan fingerprint density at radius 1 is 1.38 bits per heavy atom. The average Bonchev–Trinajstić information content (AvgIpc) is 2.80. The van der Waals surface area contributed by atoms with Crippen LogP contribution >= 0.6 is 27.3 Å². The quantitative estimate of drug-likeness (QED) is 0.832. The number of nitrogens with zero attached hydrogens (tertiary/aromatic N) is 1. The number of aromatic carboxylic acids is 1. The van der Waals surface area contributed by atoms with Crippen LogP contribution in [0.25, 0.3) is 0 Å². The zero-order chi connectivity index (χ0) is 15.6. The molecule has 0 aromatic carbocycles. The molecule has 21 heavy (non-hydrogen) atoms. The number of pyridine rings is 1. The van der Waals surface area contributed by atoms with Gasteiger partial charge in [0.05, 0.1) is 6.54 Å². The van der Waals surface area contributed by atoms with Gasteiger partial charge < -0.3 is 10.4 Å². The molecular weight excluding hydrogens is 373 g/mol. The third-order valence-electron chi connectivity index (χ3n) is 2.52. The van der Waals surface area contributed by atoms with Gasteiger partial charge in [0.15, 0.2) is 0 Å². The number of hydrogen-bond donors (Lipinski definition) is 2. The van der Waals surface area contributed by atoms with Crippen LogP contribution in [0.2, 0.25) is 0 Å². The lowest BCUT2D eigenvalue weighted by molar-refractivity contribution is -0.141. The summed E-state index contributed by atoms with van der Waals surface area (Å²) in [4.78, 5) is 15.2. The first-order valence-electron chi connectivity index (χ1n) is 5.56. The van der Waals surface area contributed by atoms with Gasteiger partial charge in [0, 0.05) is 9.35 Å². The number of aromatic nitrogens is 1. The van der Waals surface area contributed by atoms with Crippen LogP contribution in [0.15, 0.2) is 28.1 Å². The highest BCUT2D eigenvalue weighted by atomic mass is 79.9. The van der Waals surface area contributed by atoms with Gasteiger partial charge in [-0.05, 0) is 39.5 Å². The molecule has 0 saturated heterocycles. The normalized spacial score (nSPS) is 11.4. The first kappa shape index (κ1) is 15.8. The summed E-state index contributed by atoms with van der Waals surface area (Å²) in [6.07, 6.45) is -4.63. The Morgan fingerprint density at radius 2 is 2.10 bits per heavy atom. The molecule has 0 amide bonds. The summed E-state index contributed by atoms with van der Waals surface area (Å²) in [5.74, 6) is -1.65. The monoisotopic (exact) mass is 380 g/mol. The predicted octanol–water partition coefficient (Wildman–Crippen LogP) is 4.23. The molecule has 0 aliphatic carbocycles. The lowest BCUT2D eigenvalue weighted by Gasteiger charge is -2.12. The van der Waals surface area contributed by atoms with Crippen molar-refractivity contribution in [2.75, 3.05) is 5.32 Å². The number of halogens is 4. The summed E-state index contributed by atoms with van der Waals surface area (Å²) in [7, 11) is 0. The van der Waals surface area contributed by atoms with Gasteiger partial charge in [0.1, 0.15) is 17.1 Å². The van der Waals surface area contributed by atoms with Crippen LogP contribution in [0.4, 0.5) is 19.0 Å². The van der Waals surface area contributed by atoms with Crippen LogP contribution in [0.5, 0.6) is 0 Å². The summed E-state index contributed by atoms with van der Waals surface area (Å²) >= 11 is 4.67. The molecule has 0 spiro atoms. The molecule has 0 atom stereocenters. The fourth-order valence-corrected chi connectivity index (χ4v) is 2.97. The third-order valence-corrected chi connectivity index (χ3v) is 4.45. The molecule has 4 nitrogen and oxygen atoms in total. The van der Waals surface area contributed by atoms with Crippen molar-refractivity contribution in [3.05, 3.63) is 44.2 Å². The molecule has 0 bridgehead atoms. The zero-order valence-corrected chi connectivity index (χ0v) is 12.6. The first-order valence-corrected chi connectivity index (χ1v) is 7.23. The molecule has 2 N–H and O–H groups in total. The maximum Gasteiger partial charge on any atom is 0.433 e. The molecule has 0 aliphatic heterocycles. The number of anilines is 1. The third kappa shape index (κ3) is 3.73. The largest absolute Gasteiger partial charge is 0.478 e. The summed E-state index contributed by atoms with van der Waals surface area (Å²) in [6, 6.07) is 3.33. The van der Waals surface area contributed by atoms with E-state index in [1.807, 2.05) is 0 Å². The topological polar surface area (TPSA) is 62.2 Å². The van der Waals surface area contributed by atoms with E-state index in [4.69, 9.17) is 5.11 Å². The van der Waals surface area contributed by atoms with E-state index < -0.39 is 17.8 Å². The molecule has 112 valence electrons. The van der Waals surface area contributed by atoms with Gasteiger partial charge >= 0.3 is 12.1 Å². The van der Waals surface area contributed by atoms with Crippen molar-refractivity contribution in [1.82, 2.24) is 4.98 Å². The summed E-state index contributed by atoms with van der Waals surface area (Å²) in [5.41, 5.74) is -1.45. The summed E-state index contributed by atoms with van der Waals surface area (Å²) in [5, 5.41) is 13.4. The highest BCUT2D eigenvalue weighted by Crippen LogP contribution is 2.30. The molecule has 9 heteroatoms. The van der Waals surface area contributed by atoms with Crippen LogP contribution in [0.1, 0.15) is 20.9 Å². The fourth-order valence-electron chi connectivity index (χ4n) is 1.54. The highest BCUT2D eigenvalue weighted by molar-refractivity contribution is 9.10. The maximum absolute atomic E-state index is 12.6. The van der Waals surface area contributed by atoms with E-state index in [1.165, 1.54) is 11.3 Å². The summed E-state index contributed by atoms with van der Waals surface area (Å²) in [6.45, 7) is 0.173. The van der Waals surface area contributed by atoms with Crippen molar-refractivity contribution in [3.8, 4) is 0 Å². The predicted molar refractivity (Wildman–Crippen MR) is 75.5 cm³/mol. The Bertz CT molecular complexity index is 673. The Labute approximate surface area is 129 Å². The average molecular weight is 381 g/mol. The van der Waals surface area contributed by atoms with E-state index in [9.17, 15) is 18.0 Å². The van der Waals surface area contributed by atoms with E-state index in [-0.39, 0.29) is 17.9 Å². The highest BCUT2D eigenvalue weighted by Gasteiger charge is 2.33. The second-order valence-electron chi connectivity index (χ2n) is 3.94. The van der Waals surface area contributed by atoms with Crippen LogP contribution in [-0.4, -0.2) is 16.1 Å². The minimum atomic E-state index is -4.63. The molecule has 0 saturated carbocycles. The lowest BCUT2D eigenvalue weighted by Crippen LogP contribution is -2.14. The second kappa shape index (κ2) is 6.02. The number of carboxylic acids is 1. The van der Waals surface area contributed by atoms with Crippen molar-refractivity contribution in [2.45, 2.75) is 12.7 Å². The maximum atomic E-state index is 12.6. The smallest absolute Gasteiger partial charge is 0.433 e. The van der Waals surface area contributed by atoms with Crippen molar-refractivity contribution >= 4 is 39.1 Å². The van der Waals surface area contributed by atoms with Crippen molar-refractivity contribution in [1.29, 1.82) is 0 Å². The van der Waals surface area contributed by atoms with E-state index in [0.29, 0.717) is 6.07 Å². The molecule has 0 fully saturated rings. The zero-order valence-electron chi connectivity index (χ0n) is 10.2. The van der Waals surface area contributed by atoms with E-state index in [1.54, 1.807) is 11.4 Å². The SMILES string of the molecule is O=C(O)c1ccc(C(F)(F)F)nc1NCc1sccc1Br. The number of carboxylic acid groups (broad SMARTS) is 1. The van der Waals surface area contributed by atoms with Crippen LogP contribution < -0.4 is 5.32 Å². The van der Waals surface area contributed by atoms with Gasteiger partial charge in [-0.3, -0.25) is 0 Å². The van der Waals surface area contributed by atoms with E-state index in [0.717, 1.165) is 15.4 Å². The molecular formula is C12H8BrF3N2O2S. The Hall–Kier alpha value is -1.61. The van der Waals surface area contributed by atoms with Gasteiger partial charge in [0.2, 0.25) is 0 Å². The molecule has 0 radical (unpaired) electrons. The summed E-state index contributed by atoms with van der Waals surface area (Å²) < 4.78 is 38.7. The minimum Gasteiger partial charge on any atom is -0.478 e. The van der Waals surface area contributed by atoms with Crippen molar-refractivity contribution in [2.24, 2.45) is 0 Å². The van der Waals surface area contributed by atoms with Crippen LogP contribution in [0, 0.1) is 0 Å². The number of nitrogens with one attached hydrogen (secondary N) is 1. The molecule has 2 aromatic rings. The number of carbonyl (C=O) groups is 1. The molecule has 2 rings (SSSR count). The van der Waals surface area contributed by atoms with Gasteiger partial charge in [-0.1, -0.05) is 0 Å². The molecule has 2 heterocycles. The molecule has 0 aliphatic rings. The van der Waals surface area contributed by atoms with Gasteiger partial charge in [-0.25, -0.2) is 9.78 Å². The van der Waals surface area contributed by atoms with Crippen molar-refractivity contribution < 1.29 is 23.1 Å². The molecule has 2 aromatic heterocycles. The number of alkyl halides is 3. The standard InChI is InChI=1S/C12H8BrF3N2O2S/c13-7-3-4-21-8(7)5-17-10-6(11(19)20)1-2-9(18-10)12(14,15)16/h1-4H,5H2,(H,17,18)(H,19,20). The van der Waals surface area contributed by atoms with Crippen LogP contribution in [0.3, 0.4) is 0 Å². The molecule has 0 unspecified atom stereocenters. The Kier molecular flexibility index (Phi) is 4.52. The van der Waals surface area contributed by atoms with E-state index >= 15 is 0 Å². The number of hydrogen-bond acceptors (Lipinski definition) is 4. The number of thiophene rings is 1. The second-order valence-corrected chi connectivity index (χ2v) is 5.80. The van der Waals surface area contributed by atoms with Crippen molar-refractivity contribution in [3.63, 3.8) is 0 Å². The lowest BCUT2D eigenvalue weighted by atomic mass is 10.2. The fraction of sp³-hybridized carbons (Fsp3) is 0.167.